The molecule has 0 unspecified atom stereocenters. The van der Waals surface area contributed by atoms with E-state index in [-0.39, 0.29) is 11.2 Å². The van der Waals surface area contributed by atoms with Crippen LogP contribution in [-0.2, 0) is 4.79 Å². The van der Waals surface area contributed by atoms with Crippen LogP contribution in [0.1, 0.15) is 20.8 Å². The zero-order chi connectivity index (χ0) is 13.4. The first-order valence-corrected chi connectivity index (χ1v) is 8.32. The van der Waals surface area contributed by atoms with Crippen molar-refractivity contribution in [3.63, 3.8) is 0 Å². The molecule has 0 aromatic rings. The number of carbonyl (C=O) groups is 1. The van der Waals surface area contributed by atoms with E-state index in [0.717, 1.165) is 4.90 Å². The first-order chi connectivity index (χ1) is 6.79. The van der Waals surface area contributed by atoms with Gasteiger partial charge < -0.3 is 4.90 Å². The van der Waals surface area contributed by atoms with E-state index in [0.29, 0.717) is 0 Å². The van der Waals surface area contributed by atoms with Crippen molar-refractivity contribution >= 4 is 14.0 Å². The summed E-state index contributed by atoms with van der Waals surface area (Å²) in [5.74, 6) is -1.75. The van der Waals surface area contributed by atoms with E-state index in [2.05, 4.69) is 0 Å². The standard InChI is InChI=1S/C10H20F3NOSi/c1-9(2,3)16(5,6)7-14(4)8(15)10(11,12)13/h7H2,1-6H3. The van der Waals surface area contributed by atoms with Crippen LogP contribution in [0, 0.1) is 0 Å². The summed E-state index contributed by atoms with van der Waals surface area (Å²) >= 11 is 0. The molecule has 0 rings (SSSR count). The molecule has 16 heavy (non-hydrogen) atoms. The lowest BCUT2D eigenvalue weighted by Crippen LogP contribution is -2.52. The van der Waals surface area contributed by atoms with E-state index in [4.69, 9.17) is 0 Å². The van der Waals surface area contributed by atoms with Crippen molar-refractivity contribution in [3.8, 4) is 0 Å². The third-order valence-electron chi connectivity index (χ3n) is 3.25. The van der Waals surface area contributed by atoms with Crippen molar-refractivity contribution in [1.29, 1.82) is 0 Å². The second-order valence-electron chi connectivity index (χ2n) is 5.79. The maximum Gasteiger partial charge on any atom is 0.471 e. The van der Waals surface area contributed by atoms with Gasteiger partial charge >= 0.3 is 12.1 Å². The number of halogens is 3. The quantitative estimate of drug-likeness (QED) is 0.694. The van der Waals surface area contributed by atoms with Gasteiger partial charge in [0.05, 0.1) is 8.07 Å². The van der Waals surface area contributed by atoms with Crippen LogP contribution in [0.25, 0.3) is 0 Å². The Labute approximate surface area is 95.8 Å². The highest BCUT2D eigenvalue weighted by atomic mass is 28.3. The van der Waals surface area contributed by atoms with Gasteiger partial charge in [0, 0.05) is 13.2 Å². The number of amides is 1. The Kier molecular flexibility index (Phi) is 4.25. The van der Waals surface area contributed by atoms with Crippen molar-refractivity contribution in [2.75, 3.05) is 13.2 Å². The van der Waals surface area contributed by atoms with Gasteiger partial charge in [-0.05, 0) is 5.04 Å². The van der Waals surface area contributed by atoms with E-state index >= 15 is 0 Å². The monoisotopic (exact) mass is 255 g/mol. The molecule has 0 bridgehead atoms. The van der Waals surface area contributed by atoms with E-state index in [9.17, 15) is 18.0 Å². The normalized spacial score (nSPS) is 13.8. The Morgan fingerprint density at radius 1 is 1.19 bits per heavy atom. The van der Waals surface area contributed by atoms with Crippen LogP contribution < -0.4 is 0 Å². The van der Waals surface area contributed by atoms with E-state index in [1.165, 1.54) is 7.05 Å². The molecule has 0 N–H and O–H groups in total. The molecule has 0 radical (unpaired) electrons. The lowest BCUT2D eigenvalue weighted by molar-refractivity contribution is -0.183. The fourth-order valence-corrected chi connectivity index (χ4v) is 2.92. The fraction of sp³-hybridized carbons (Fsp3) is 0.900. The minimum Gasteiger partial charge on any atom is -0.341 e. The first-order valence-electron chi connectivity index (χ1n) is 5.11. The van der Waals surface area contributed by atoms with Crippen LogP contribution >= 0.6 is 0 Å². The molecule has 0 saturated carbocycles. The summed E-state index contributed by atoms with van der Waals surface area (Å²) in [5.41, 5.74) is 0. The van der Waals surface area contributed by atoms with Crippen molar-refractivity contribution in [2.24, 2.45) is 0 Å². The number of carbonyl (C=O) groups excluding carboxylic acids is 1. The number of nitrogens with zero attached hydrogens (tertiary/aromatic N) is 1. The number of hydrogen-bond acceptors (Lipinski definition) is 1. The molecule has 0 saturated heterocycles. The van der Waals surface area contributed by atoms with Crippen LogP contribution in [0.2, 0.25) is 18.1 Å². The summed E-state index contributed by atoms with van der Waals surface area (Å²) in [7, 11) is -0.686. The van der Waals surface area contributed by atoms with Gasteiger partial charge in [0.1, 0.15) is 0 Å². The maximum atomic E-state index is 12.2. The van der Waals surface area contributed by atoms with Crippen LogP contribution in [-0.4, -0.2) is 38.3 Å². The summed E-state index contributed by atoms with van der Waals surface area (Å²) in [5, 5.41) is -0.0346. The Balaban J connectivity index is 4.71. The first kappa shape index (κ1) is 15.5. The van der Waals surface area contributed by atoms with Crippen molar-refractivity contribution in [1.82, 2.24) is 4.90 Å². The van der Waals surface area contributed by atoms with Crippen LogP contribution in [0.5, 0.6) is 0 Å². The third kappa shape index (κ3) is 3.81. The molecule has 0 atom stereocenters. The largest absolute Gasteiger partial charge is 0.471 e. The zero-order valence-electron chi connectivity index (χ0n) is 10.7. The highest BCUT2D eigenvalue weighted by Crippen LogP contribution is 2.36. The molecule has 0 aromatic heterocycles. The van der Waals surface area contributed by atoms with Gasteiger partial charge in [-0.2, -0.15) is 13.2 Å². The molecule has 0 aliphatic rings. The summed E-state index contributed by atoms with van der Waals surface area (Å²) in [6.45, 7) is 10.0. The molecule has 2 nitrogen and oxygen atoms in total. The van der Waals surface area contributed by atoms with Crippen LogP contribution in [0.15, 0.2) is 0 Å². The molecule has 96 valence electrons. The van der Waals surface area contributed by atoms with Gasteiger partial charge in [0.15, 0.2) is 0 Å². The number of hydrogen-bond donors (Lipinski definition) is 0. The van der Waals surface area contributed by atoms with Gasteiger partial charge in [-0.25, -0.2) is 0 Å². The lowest BCUT2D eigenvalue weighted by atomic mass is 10.2. The van der Waals surface area contributed by atoms with E-state index < -0.39 is 20.2 Å². The van der Waals surface area contributed by atoms with Crippen molar-refractivity contribution in [2.45, 2.75) is 45.1 Å². The summed E-state index contributed by atoms with van der Waals surface area (Å²) in [4.78, 5) is 11.8. The van der Waals surface area contributed by atoms with Crippen molar-refractivity contribution in [3.05, 3.63) is 0 Å². The molecule has 0 aliphatic carbocycles. The second-order valence-corrected chi connectivity index (χ2v) is 11.4. The molecule has 0 heterocycles. The van der Waals surface area contributed by atoms with E-state index in [1.807, 2.05) is 33.9 Å². The molecule has 0 aliphatic heterocycles. The van der Waals surface area contributed by atoms with E-state index in [1.54, 1.807) is 0 Å². The predicted molar refractivity (Wildman–Crippen MR) is 60.9 cm³/mol. The van der Waals surface area contributed by atoms with Crippen LogP contribution in [0.3, 0.4) is 0 Å². The summed E-state index contributed by atoms with van der Waals surface area (Å²) < 4.78 is 36.6. The fourth-order valence-electron chi connectivity index (χ4n) is 1.12. The number of rotatable bonds is 2. The molecule has 6 heteroatoms. The van der Waals surface area contributed by atoms with Gasteiger partial charge in [0.2, 0.25) is 0 Å². The highest BCUT2D eigenvalue weighted by molar-refractivity contribution is 6.80. The SMILES string of the molecule is CN(C[Si](C)(C)C(C)(C)C)C(=O)C(F)(F)F. The Morgan fingerprint density at radius 2 is 1.56 bits per heavy atom. The Hall–Kier alpha value is -0.523. The highest BCUT2D eigenvalue weighted by Gasteiger charge is 2.44. The van der Waals surface area contributed by atoms with Gasteiger partial charge in [-0.15, -0.1) is 0 Å². The number of alkyl halides is 3. The molecule has 0 fully saturated rings. The average Bonchev–Trinajstić information content (AvgIpc) is 1.97. The maximum absolute atomic E-state index is 12.2. The Morgan fingerprint density at radius 3 is 1.81 bits per heavy atom. The van der Waals surface area contributed by atoms with Gasteiger partial charge in [-0.1, -0.05) is 33.9 Å². The second kappa shape index (κ2) is 4.39. The molecular weight excluding hydrogens is 235 g/mol. The average molecular weight is 255 g/mol. The summed E-state index contributed by atoms with van der Waals surface area (Å²) in [6.07, 6.45) is -4.55. The molecular formula is C10H20F3NOSi. The minimum absolute atomic E-state index is 0.0346. The summed E-state index contributed by atoms with van der Waals surface area (Å²) in [6, 6.07) is 0. The van der Waals surface area contributed by atoms with Crippen molar-refractivity contribution < 1.29 is 18.0 Å². The lowest BCUT2D eigenvalue weighted by Gasteiger charge is -2.39. The van der Waals surface area contributed by atoms with Gasteiger partial charge in [0.25, 0.3) is 0 Å². The zero-order valence-corrected chi connectivity index (χ0v) is 11.7. The third-order valence-corrected chi connectivity index (χ3v) is 8.58. The van der Waals surface area contributed by atoms with Crippen LogP contribution in [0.4, 0.5) is 13.2 Å². The van der Waals surface area contributed by atoms with Gasteiger partial charge in [-0.3, -0.25) is 4.79 Å². The molecule has 0 aromatic carbocycles. The smallest absolute Gasteiger partial charge is 0.341 e. The minimum atomic E-state index is -4.77. The molecule has 0 spiro atoms. The molecule has 1 amide bonds. The predicted octanol–water partition coefficient (Wildman–Crippen LogP) is 3.05. The topological polar surface area (TPSA) is 20.3 Å². The Bertz CT molecular complexity index is 268.